The highest BCUT2D eigenvalue weighted by Gasteiger charge is 2.28. The Morgan fingerprint density at radius 3 is 2.33 bits per heavy atom. The van der Waals surface area contributed by atoms with Crippen LogP contribution in [0.2, 0.25) is 0 Å². The summed E-state index contributed by atoms with van der Waals surface area (Å²) in [6.07, 6.45) is 0. The van der Waals surface area contributed by atoms with Gasteiger partial charge in [-0.3, -0.25) is 9.10 Å². The molecule has 0 aliphatic heterocycles. The van der Waals surface area contributed by atoms with Gasteiger partial charge in [0.05, 0.1) is 12.8 Å². The maximum Gasteiger partial charge on any atom is 0.267 e. The summed E-state index contributed by atoms with van der Waals surface area (Å²) in [4.78, 5) is 12.8. The van der Waals surface area contributed by atoms with Crippen LogP contribution in [0.25, 0.3) is 0 Å². The molecule has 27 heavy (non-hydrogen) atoms. The zero-order chi connectivity index (χ0) is 19.4. The highest BCUT2D eigenvalue weighted by molar-refractivity contribution is 7.93. The third-order valence-corrected chi connectivity index (χ3v) is 6.81. The van der Waals surface area contributed by atoms with E-state index < -0.39 is 15.9 Å². The molecule has 0 atom stereocenters. The minimum absolute atomic E-state index is 0.0233. The summed E-state index contributed by atoms with van der Waals surface area (Å²) < 4.78 is 32.2. The largest absolute Gasteiger partial charge is 0.497 e. The topological polar surface area (TPSA) is 75.7 Å². The van der Waals surface area contributed by atoms with Crippen molar-refractivity contribution >= 4 is 38.6 Å². The fourth-order valence-electron chi connectivity index (χ4n) is 2.45. The number of methoxy groups -OCH3 is 1. The van der Waals surface area contributed by atoms with Crippen molar-refractivity contribution in [2.45, 2.75) is 4.90 Å². The van der Waals surface area contributed by atoms with Crippen LogP contribution in [-0.4, -0.2) is 28.5 Å². The van der Waals surface area contributed by atoms with Crippen LogP contribution in [0.5, 0.6) is 5.75 Å². The highest BCUT2D eigenvalue weighted by Crippen LogP contribution is 2.28. The number of hydrogen-bond donors (Lipinski definition) is 1. The summed E-state index contributed by atoms with van der Waals surface area (Å²) in [6.45, 7) is 0. The maximum absolute atomic E-state index is 13.0. The number of nitrogens with zero attached hydrogens (tertiary/aromatic N) is 1. The van der Waals surface area contributed by atoms with Gasteiger partial charge in [-0.2, -0.15) is 0 Å². The van der Waals surface area contributed by atoms with Gasteiger partial charge in [0.15, 0.2) is 0 Å². The van der Waals surface area contributed by atoms with E-state index in [0.29, 0.717) is 17.1 Å². The number of benzene rings is 2. The molecule has 1 heterocycles. The van der Waals surface area contributed by atoms with Crippen molar-refractivity contribution in [3.63, 3.8) is 0 Å². The molecule has 0 unspecified atom stereocenters. The zero-order valence-electron chi connectivity index (χ0n) is 14.7. The Hall–Kier alpha value is -2.84. The van der Waals surface area contributed by atoms with Crippen molar-refractivity contribution in [2.75, 3.05) is 23.8 Å². The molecule has 0 saturated heterocycles. The molecule has 0 aliphatic carbocycles. The van der Waals surface area contributed by atoms with Gasteiger partial charge >= 0.3 is 0 Å². The SMILES string of the molecule is COc1ccc(NC(=O)c2sccc2S(=O)(=O)N(C)c2ccccc2)cc1. The Balaban J connectivity index is 1.87. The lowest BCUT2D eigenvalue weighted by molar-refractivity contribution is 0.102. The second-order valence-electron chi connectivity index (χ2n) is 5.60. The van der Waals surface area contributed by atoms with Crippen LogP contribution in [0.15, 0.2) is 70.9 Å². The maximum atomic E-state index is 13.0. The number of nitrogens with one attached hydrogen (secondary N) is 1. The van der Waals surface area contributed by atoms with Gasteiger partial charge in [-0.15, -0.1) is 11.3 Å². The third-order valence-electron chi connectivity index (χ3n) is 3.94. The third kappa shape index (κ3) is 3.96. The number of sulfonamides is 1. The summed E-state index contributed by atoms with van der Waals surface area (Å²) >= 11 is 1.08. The van der Waals surface area contributed by atoms with E-state index in [1.807, 2.05) is 6.07 Å². The minimum atomic E-state index is -3.86. The molecule has 8 heteroatoms. The Morgan fingerprint density at radius 1 is 1.04 bits per heavy atom. The molecule has 6 nitrogen and oxygen atoms in total. The highest BCUT2D eigenvalue weighted by atomic mass is 32.2. The number of carbonyl (C=O) groups is 1. The van der Waals surface area contributed by atoms with E-state index in [-0.39, 0.29) is 9.77 Å². The first-order valence-electron chi connectivity index (χ1n) is 8.00. The summed E-state index contributed by atoms with van der Waals surface area (Å²) in [5.74, 6) is 0.187. The molecule has 1 N–H and O–H groups in total. The molecule has 0 bridgehead atoms. The number of carbonyl (C=O) groups excluding carboxylic acids is 1. The lowest BCUT2D eigenvalue weighted by atomic mass is 10.3. The molecule has 0 radical (unpaired) electrons. The van der Waals surface area contributed by atoms with Gasteiger partial charge in [0.25, 0.3) is 15.9 Å². The Morgan fingerprint density at radius 2 is 1.70 bits per heavy atom. The van der Waals surface area contributed by atoms with Crippen LogP contribution in [0.3, 0.4) is 0 Å². The average Bonchev–Trinajstić information content (AvgIpc) is 3.19. The molecule has 3 aromatic rings. The van der Waals surface area contributed by atoms with Crippen molar-refractivity contribution in [1.82, 2.24) is 0 Å². The smallest absolute Gasteiger partial charge is 0.267 e. The fraction of sp³-hybridized carbons (Fsp3) is 0.105. The van der Waals surface area contributed by atoms with Crippen LogP contribution in [0.4, 0.5) is 11.4 Å². The molecule has 2 aromatic carbocycles. The van der Waals surface area contributed by atoms with Crippen LogP contribution in [0.1, 0.15) is 9.67 Å². The predicted molar refractivity (Wildman–Crippen MR) is 107 cm³/mol. The monoisotopic (exact) mass is 402 g/mol. The zero-order valence-corrected chi connectivity index (χ0v) is 16.4. The van der Waals surface area contributed by atoms with Gasteiger partial charge in [-0.25, -0.2) is 8.42 Å². The standard InChI is InChI=1S/C19H18N2O4S2/c1-21(15-6-4-3-5-7-15)27(23,24)17-12-13-26-18(17)19(22)20-14-8-10-16(25-2)11-9-14/h3-13H,1-2H3,(H,20,22). The van der Waals surface area contributed by atoms with Gasteiger partial charge in [-0.05, 0) is 47.8 Å². The minimum Gasteiger partial charge on any atom is -0.497 e. The van der Waals surface area contributed by atoms with Crippen LogP contribution in [0, 0.1) is 0 Å². The lowest BCUT2D eigenvalue weighted by Crippen LogP contribution is -2.28. The van der Waals surface area contributed by atoms with Crippen molar-refractivity contribution in [3.8, 4) is 5.75 Å². The first-order chi connectivity index (χ1) is 12.9. The van der Waals surface area contributed by atoms with E-state index >= 15 is 0 Å². The molecule has 3 rings (SSSR count). The lowest BCUT2D eigenvalue weighted by Gasteiger charge is -2.19. The number of hydrogen-bond acceptors (Lipinski definition) is 5. The summed E-state index contributed by atoms with van der Waals surface area (Å²) in [5, 5.41) is 4.31. The van der Waals surface area contributed by atoms with Gasteiger partial charge in [-0.1, -0.05) is 18.2 Å². The van der Waals surface area contributed by atoms with E-state index in [9.17, 15) is 13.2 Å². The first kappa shape index (κ1) is 18.9. The molecule has 0 fully saturated rings. The van der Waals surface area contributed by atoms with E-state index in [1.165, 1.54) is 17.4 Å². The number of amides is 1. The Kier molecular flexibility index (Phi) is 5.48. The normalized spacial score (nSPS) is 11.0. The van der Waals surface area contributed by atoms with Gasteiger partial charge < -0.3 is 10.1 Å². The molecule has 140 valence electrons. The van der Waals surface area contributed by atoms with E-state index in [2.05, 4.69) is 5.32 Å². The van der Waals surface area contributed by atoms with Gasteiger partial charge in [0.2, 0.25) is 0 Å². The number of rotatable bonds is 6. The summed E-state index contributed by atoms with van der Waals surface area (Å²) in [5.41, 5.74) is 1.07. The molecular weight excluding hydrogens is 384 g/mol. The van der Waals surface area contributed by atoms with E-state index in [4.69, 9.17) is 4.74 Å². The molecule has 1 amide bonds. The van der Waals surface area contributed by atoms with Crippen LogP contribution in [-0.2, 0) is 10.0 Å². The molecule has 0 saturated carbocycles. The van der Waals surface area contributed by atoms with Crippen LogP contribution >= 0.6 is 11.3 Å². The van der Waals surface area contributed by atoms with Gasteiger partial charge in [0, 0.05) is 12.7 Å². The average molecular weight is 402 g/mol. The van der Waals surface area contributed by atoms with Crippen LogP contribution < -0.4 is 14.4 Å². The first-order valence-corrected chi connectivity index (χ1v) is 10.3. The van der Waals surface area contributed by atoms with Crippen molar-refractivity contribution in [3.05, 3.63) is 70.9 Å². The molecule has 0 aliphatic rings. The Labute approximate surface area is 162 Å². The quantitative estimate of drug-likeness (QED) is 0.680. The Bertz CT molecular complexity index is 1030. The molecule has 0 spiro atoms. The van der Waals surface area contributed by atoms with Crippen molar-refractivity contribution < 1.29 is 17.9 Å². The van der Waals surface area contributed by atoms with Crippen molar-refractivity contribution in [2.24, 2.45) is 0 Å². The number of anilines is 2. The molecular formula is C19H18N2O4S2. The predicted octanol–water partition coefficient (Wildman–Crippen LogP) is 3.83. The number of ether oxygens (including phenoxy) is 1. The summed E-state index contributed by atoms with van der Waals surface area (Å²) in [7, 11) is -0.843. The molecule has 1 aromatic heterocycles. The summed E-state index contributed by atoms with van der Waals surface area (Å²) in [6, 6.07) is 17.0. The van der Waals surface area contributed by atoms with Crippen molar-refractivity contribution in [1.29, 1.82) is 0 Å². The van der Waals surface area contributed by atoms with Gasteiger partial charge in [0.1, 0.15) is 15.5 Å². The fourth-order valence-corrected chi connectivity index (χ4v) is 4.94. The van der Waals surface area contributed by atoms with E-state index in [1.54, 1.807) is 61.0 Å². The second kappa shape index (κ2) is 7.81. The number of para-hydroxylation sites is 1. The second-order valence-corrected chi connectivity index (χ2v) is 8.46. The van der Waals surface area contributed by atoms with E-state index in [0.717, 1.165) is 11.3 Å². The number of thiophene rings is 1.